The van der Waals surface area contributed by atoms with Crippen molar-refractivity contribution in [2.45, 2.75) is 6.36 Å². The topological polar surface area (TPSA) is 67.9 Å². The molecule has 1 heterocycles. The van der Waals surface area contributed by atoms with E-state index in [0.717, 1.165) is 17.0 Å². The molecule has 3 rings (SSSR count). The third kappa shape index (κ3) is 4.72. The van der Waals surface area contributed by atoms with E-state index in [1.165, 1.54) is 25.3 Å². The lowest BCUT2D eigenvalue weighted by Gasteiger charge is -2.15. The van der Waals surface area contributed by atoms with Crippen molar-refractivity contribution in [1.29, 1.82) is 0 Å². The summed E-state index contributed by atoms with van der Waals surface area (Å²) in [6.45, 7) is 0. The zero-order valence-corrected chi connectivity index (χ0v) is 15.6. The van der Waals surface area contributed by atoms with Crippen LogP contribution in [0.1, 0.15) is 15.9 Å². The van der Waals surface area contributed by atoms with Gasteiger partial charge in [0.25, 0.3) is 5.91 Å². The number of anilines is 1. The molecule has 2 aromatic rings. The minimum absolute atomic E-state index is 0.0805. The van der Waals surface area contributed by atoms with Gasteiger partial charge < -0.3 is 14.8 Å². The van der Waals surface area contributed by atoms with Gasteiger partial charge in [-0.2, -0.15) is 0 Å². The Morgan fingerprint density at radius 2 is 1.72 bits per heavy atom. The van der Waals surface area contributed by atoms with Crippen LogP contribution in [0.5, 0.6) is 5.75 Å². The Morgan fingerprint density at radius 3 is 2.28 bits per heavy atom. The van der Waals surface area contributed by atoms with Crippen LogP contribution >= 0.6 is 12.2 Å². The molecule has 0 aromatic heterocycles. The van der Waals surface area contributed by atoms with E-state index >= 15 is 0 Å². The monoisotopic (exact) mass is 422 g/mol. The first kappa shape index (κ1) is 20.3. The summed E-state index contributed by atoms with van der Waals surface area (Å²) >= 11 is 5.16. The van der Waals surface area contributed by atoms with Crippen molar-refractivity contribution in [2.24, 2.45) is 0 Å². The van der Waals surface area contributed by atoms with Crippen molar-refractivity contribution in [1.82, 2.24) is 5.32 Å². The number of alkyl halides is 3. The first-order valence-corrected chi connectivity index (χ1v) is 8.50. The summed E-state index contributed by atoms with van der Waals surface area (Å²) in [6.07, 6.45) is -3.27. The van der Waals surface area contributed by atoms with E-state index < -0.39 is 24.0 Å². The van der Waals surface area contributed by atoms with Crippen molar-refractivity contribution < 1.29 is 32.2 Å². The van der Waals surface area contributed by atoms with Crippen molar-refractivity contribution in [3.8, 4) is 5.75 Å². The number of hydrogen-bond acceptors (Lipinski definition) is 5. The molecular formula is C19H13F3N2O4S. The Labute approximate surface area is 168 Å². The van der Waals surface area contributed by atoms with E-state index in [2.05, 4.69) is 14.8 Å². The van der Waals surface area contributed by atoms with Crippen LogP contribution in [0.4, 0.5) is 18.9 Å². The van der Waals surface area contributed by atoms with E-state index in [4.69, 9.17) is 12.2 Å². The first-order chi connectivity index (χ1) is 13.7. The molecule has 0 atom stereocenters. The number of thiocarbonyl (C=S) groups is 1. The molecule has 1 N–H and O–H groups in total. The molecule has 0 bridgehead atoms. The lowest BCUT2D eigenvalue weighted by Crippen LogP contribution is -2.30. The number of carbonyl (C=O) groups excluding carboxylic acids is 2. The van der Waals surface area contributed by atoms with Crippen molar-refractivity contribution in [3.05, 3.63) is 65.4 Å². The molecule has 1 amide bonds. The molecular weight excluding hydrogens is 409 g/mol. The molecule has 0 aliphatic carbocycles. The van der Waals surface area contributed by atoms with Gasteiger partial charge in [0.05, 0.1) is 18.4 Å². The van der Waals surface area contributed by atoms with Gasteiger partial charge >= 0.3 is 12.3 Å². The molecule has 0 unspecified atom stereocenters. The second-order valence-corrected chi connectivity index (χ2v) is 6.17. The summed E-state index contributed by atoms with van der Waals surface area (Å²) < 4.78 is 45.2. The molecule has 0 spiro atoms. The lowest BCUT2D eigenvalue weighted by molar-refractivity contribution is -0.274. The predicted octanol–water partition coefficient (Wildman–Crippen LogP) is 3.63. The van der Waals surface area contributed by atoms with Crippen LogP contribution in [0.2, 0.25) is 0 Å². The number of nitrogens with zero attached hydrogens (tertiary/aromatic N) is 1. The van der Waals surface area contributed by atoms with E-state index in [9.17, 15) is 22.8 Å². The summed E-state index contributed by atoms with van der Waals surface area (Å²) in [7, 11) is 1.27. The van der Waals surface area contributed by atoms with E-state index in [0.29, 0.717) is 11.1 Å². The average molecular weight is 422 g/mol. The molecule has 29 heavy (non-hydrogen) atoms. The number of esters is 1. The molecule has 150 valence electrons. The summed E-state index contributed by atoms with van der Waals surface area (Å²) in [5.74, 6) is -1.37. The van der Waals surface area contributed by atoms with Crippen molar-refractivity contribution in [3.63, 3.8) is 0 Å². The Morgan fingerprint density at radius 1 is 1.10 bits per heavy atom. The van der Waals surface area contributed by atoms with Gasteiger partial charge in [-0.1, -0.05) is 12.1 Å². The lowest BCUT2D eigenvalue weighted by atomic mass is 10.1. The van der Waals surface area contributed by atoms with Gasteiger partial charge in [0, 0.05) is 0 Å². The van der Waals surface area contributed by atoms with Gasteiger partial charge in [0.2, 0.25) is 0 Å². The molecule has 0 radical (unpaired) electrons. The van der Waals surface area contributed by atoms with E-state index in [-0.39, 0.29) is 16.5 Å². The minimum atomic E-state index is -4.80. The zero-order chi connectivity index (χ0) is 21.2. The molecule has 2 aromatic carbocycles. The van der Waals surface area contributed by atoms with Gasteiger partial charge in [-0.3, -0.25) is 9.69 Å². The third-order valence-electron chi connectivity index (χ3n) is 3.85. The summed E-state index contributed by atoms with van der Waals surface area (Å²) in [6, 6.07) is 11.1. The number of amides is 1. The maximum Gasteiger partial charge on any atom is 0.573 e. The quantitative estimate of drug-likeness (QED) is 0.461. The fourth-order valence-corrected chi connectivity index (χ4v) is 2.86. The predicted molar refractivity (Wildman–Crippen MR) is 102 cm³/mol. The van der Waals surface area contributed by atoms with Crippen LogP contribution in [-0.2, 0) is 9.53 Å². The average Bonchev–Trinajstić information content (AvgIpc) is 2.94. The highest BCUT2D eigenvalue weighted by atomic mass is 32.1. The highest BCUT2D eigenvalue weighted by molar-refractivity contribution is 7.80. The summed E-state index contributed by atoms with van der Waals surface area (Å²) in [4.78, 5) is 25.3. The van der Waals surface area contributed by atoms with Gasteiger partial charge in [-0.25, -0.2) is 4.79 Å². The largest absolute Gasteiger partial charge is 0.573 e. The first-order valence-electron chi connectivity index (χ1n) is 8.09. The van der Waals surface area contributed by atoms with Crippen LogP contribution in [0.25, 0.3) is 6.08 Å². The maximum absolute atomic E-state index is 12.7. The van der Waals surface area contributed by atoms with Crippen LogP contribution in [0.15, 0.2) is 54.2 Å². The Balaban J connectivity index is 1.79. The molecule has 10 heteroatoms. The van der Waals surface area contributed by atoms with Crippen LogP contribution in [-0.4, -0.2) is 30.5 Å². The highest BCUT2D eigenvalue weighted by Gasteiger charge is 2.33. The Hall–Kier alpha value is -3.40. The number of methoxy groups -OCH3 is 1. The Bertz CT molecular complexity index is 986. The van der Waals surface area contributed by atoms with Gasteiger partial charge in [-0.15, -0.1) is 13.2 Å². The summed E-state index contributed by atoms with van der Waals surface area (Å²) in [5, 5.41) is 2.85. The standard InChI is InChI=1S/C19H13F3N2O4S/c1-27-17(26)12-4-2-11(3-5-12)10-15-16(25)24(18(29)23-15)13-6-8-14(9-7-13)28-19(20,21)22/h2-10H,1H3,(H,23,29)/b15-10-. The maximum atomic E-state index is 12.7. The second kappa shape index (κ2) is 7.92. The number of halogens is 3. The van der Waals surface area contributed by atoms with Crippen LogP contribution in [0, 0.1) is 0 Å². The fourth-order valence-electron chi connectivity index (χ4n) is 2.57. The highest BCUT2D eigenvalue weighted by Crippen LogP contribution is 2.27. The number of hydrogen-bond donors (Lipinski definition) is 1. The minimum Gasteiger partial charge on any atom is -0.465 e. The number of benzene rings is 2. The second-order valence-electron chi connectivity index (χ2n) is 5.78. The number of ether oxygens (including phenoxy) is 2. The van der Waals surface area contributed by atoms with Crippen LogP contribution in [0.3, 0.4) is 0 Å². The van der Waals surface area contributed by atoms with E-state index in [1.807, 2.05) is 0 Å². The molecule has 1 aliphatic heterocycles. The van der Waals surface area contributed by atoms with Gasteiger partial charge in [-0.05, 0) is 60.3 Å². The molecule has 1 aliphatic rings. The SMILES string of the molecule is COC(=O)c1ccc(/C=C2\NC(=S)N(c3ccc(OC(F)(F)F)cc3)C2=O)cc1. The number of rotatable bonds is 4. The Kier molecular flexibility index (Phi) is 5.55. The molecule has 6 nitrogen and oxygen atoms in total. The third-order valence-corrected chi connectivity index (χ3v) is 4.13. The van der Waals surface area contributed by atoms with Crippen molar-refractivity contribution in [2.75, 3.05) is 12.0 Å². The fraction of sp³-hybridized carbons (Fsp3) is 0.105. The normalized spacial score (nSPS) is 15.4. The van der Waals surface area contributed by atoms with Gasteiger partial charge in [0.15, 0.2) is 5.11 Å². The molecule has 0 saturated carbocycles. The van der Waals surface area contributed by atoms with Crippen molar-refractivity contribution >= 4 is 41.0 Å². The molecule has 1 fully saturated rings. The molecule has 1 saturated heterocycles. The smallest absolute Gasteiger partial charge is 0.465 e. The number of nitrogens with one attached hydrogen (secondary N) is 1. The van der Waals surface area contributed by atoms with E-state index in [1.54, 1.807) is 24.3 Å². The summed E-state index contributed by atoms with van der Waals surface area (Å²) in [5.41, 5.74) is 1.45. The zero-order valence-electron chi connectivity index (χ0n) is 14.8. The van der Waals surface area contributed by atoms with Crippen LogP contribution < -0.4 is 15.0 Å². The van der Waals surface area contributed by atoms with Gasteiger partial charge in [0.1, 0.15) is 11.4 Å². The number of carbonyl (C=O) groups is 2.